The van der Waals surface area contributed by atoms with E-state index in [1.54, 1.807) is 17.5 Å². The first kappa shape index (κ1) is 49.1. The minimum absolute atomic E-state index is 0.00818. The molecule has 1 aliphatic carbocycles. The van der Waals surface area contributed by atoms with Crippen molar-refractivity contribution in [2.24, 2.45) is 23.7 Å². The fourth-order valence-electron chi connectivity index (χ4n) is 11.9. The summed E-state index contributed by atoms with van der Waals surface area (Å²) in [7, 11) is 2.83. The van der Waals surface area contributed by atoms with Crippen LogP contribution in [-0.4, -0.2) is 108 Å². The van der Waals surface area contributed by atoms with Gasteiger partial charge in [0.1, 0.15) is 35.3 Å². The third-order valence-corrected chi connectivity index (χ3v) is 16.5. The van der Waals surface area contributed by atoms with Crippen LogP contribution in [0.15, 0.2) is 55.0 Å². The lowest BCUT2D eigenvalue weighted by atomic mass is 9.82. The minimum atomic E-state index is -0.761. The summed E-state index contributed by atoms with van der Waals surface area (Å²) in [5, 5.41) is 4.78. The molecular weight excluding hydrogens is 952 g/mol. The highest BCUT2D eigenvalue weighted by Gasteiger charge is 2.57. The Bertz CT molecular complexity index is 3070. The molecule has 8 atom stereocenters. The Morgan fingerprint density at radius 2 is 1.70 bits per heavy atom. The first-order chi connectivity index (χ1) is 35.1. The first-order valence-electron chi connectivity index (χ1n) is 25.7. The fraction of sp³-hybridized carbons (Fsp3) is 0.519. The Balaban J connectivity index is 0.908. The van der Waals surface area contributed by atoms with Gasteiger partial charge in [0.05, 0.1) is 82.3 Å². The number of carbonyl (C=O) groups is 3. The zero-order valence-corrected chi connectivity index (χ0v) is 43.5. The lowest BCUT2D eigenvalue weighted by Crippen LogP contribution is -2.55. The van der Waals surface area contributed by atoms with E-state index in [4.69, 9.17) is 34.0 Å². The molecular formula is C54H65FN10O7S. The quantitative estimate of drug-likeness (QED) is 0.0760. The second-order valence-electron chi connectivity index (χ2n) is 21.9. The van der Waals surface area contributed by atoms with Gasteiger partial charge in [0, 0.05) is 48.3 Å². The van der Waals surface area contributed by atoms with Gasteiger partial charge in [-0.15, -0.1) is 11.3 Å². The van der Waals surface area contributed by atoms with Crippen LogP contribution >= 0.6 is 11.3 Å². The van der Waals surface area contributed by atoms with E-state index in [0.29, 0.717) is 77.7 Å². The number of likely N-dealkylation sites (tertiary alicyclic amines) is 2. The van der Waals surface area contributed by atoms with Gasteiger partial charge in [-0.05, 0) is 106 Å². The molecule has 2 aromatic carbocycles. The van der Waals surface area contributed by atoms with Crippen LogP contribution in [0.3, 0.4) is 0 Å². The normalized spacial score (nSPS) is 23.8. The number of halogens is 1. The van der Waals surface area contributed by atoms with Crippen molar-refractivity contribution >= 4 is 40.1 Å². The van der Waals surface area contributed by atoms with Gasteiger partial charge in [0.15, 0.2) is 0 Å². The number of carbonyl (C=O) groups excluding carboxylic acids is 3. The number of H-pyrrole nitrogens is 2. The third-order valence-electron chi connectivity index (χ3n) is 15.5. The molecule has 11 rings (SSSR count). The highest BCUT2D eigenvalue weighted by atomic mass is 32.1. The lowest BCUT2D eigenvalue weighted by molar-refractivity contribution is -0.141. The molecule has 4 aromatic heterocycles. The van der Waals surface area contributed by atoms with E-state index in [9.17, 15) is 14.4 Å². The topological polar surface area (TPSA) is 194 Å². The SMILES string of the molecule is CON[C@H](C(=O)N1CCC[C@H]1c1ncc(-c2cc(F)c3c(c2)OC(c2cnc(CC(C)C)s2)n2c-3cc3cc(-c4cnc([C@@H]5C[C@H]6C[C@H]6N5C(=O)C(NC(=O)OC)C5CCOC(C)(C)C5)[nH]4)ccc32)[nH]1)C(C)C. The standard InChI is InChI=1S/C54H65FN10O7S/c1-27(2)16-44-56-26-43(73-44)52-65-37-12-11-29(35-24-58-49(59-35)41-21-33-19-39(33)64(41)51(67)47(61-53(68)69-7)30-13-15-71-54(5,6)23-30)17-32(37)20-40(65)45-34(55)18-31(22-42(45)72-52)36-25-57-48(60-36)38-10-9-14-63(38)50(66)46(28(3)4)62-70-8/h11-12,17-18,20,22,24-28,30,33,38-39,41,46-47,52,62H,9-10,13-16,19,21,23H2,1-8H3,(H,57,60)(H,58,59)(H,61,68)/t30?,33-,38+,39-,41+,46+,47?,52?/m1/s1. The number of alkyl carbamates (subject to hydrolysis) is 1. The summed E-state index contributed by atoms with van der Waals surface area (Å²) in [6, 6.07) is 9.80. The number of ether oxygens (including phenoxy) is 3. The van der Waals surface area contributed by atoms with E-state index in [1.807, 2.05) is 74.2 Å². The molecule has 4 N–H and O–H groups in total. The smallest absolute Gasteiger partial charge is 0.407 e. The predicted octanol–water partition coefficient (Wildman–Crippen LogP) is 9.25. The van der Waals surface area contributed by atoms with Crippen LogP contribution in [0.25, 0.3) is 44.7 Å². The average molecular weight is 1020 g/mol. The molecule has 0 bridgehead atoms. The maximum Gasteiger partial charge on any atom is 0.407 e. The zero-order chi connectivity index (χ0) is 51.0. The highest BCUT2D eigenvalue weighted by Crippen LogP contribution is 2.54. The molecule has 4 aliphatic heterocycles. The van der Waals surface area contributed by atoms with E-state index in [1.165, 1.54) is 20.3 Å². The van der Waals surface area contributed by atoms with Crippen molar-refractivity contribution in [3.05, 3.63) is 82.3 Å². The second-order valence-corrected chi connectivity index (χ2v) is 23.0. The maximum atomic E-state index is 17.0. The minimum Gasteiger partial charge on any atom is -0.464 e. The molecule has 3 saturated heterocycles. The number of benzene rings is 2. The summed E-state index contributed by atoms with van der Waals surface area (Å²) in [5.74, 6) is 1.77. The molecule has 3 amide bonds. The van der Waals surface area contributed by atoms with Gasteiger partial charge < -0.3 is 44.1 Å². The third kappa shape index (κ3) is 9.20. The molecule has 8 heterocycles. The fourth-order valence-corrected chi connectivity index (χ4v) is 13.0. The van der Waals surface area contributed by atoms with Crippen molar-refractivity contribution in [2.45, 2.75) is 129 Å². The van der Waals surface area contributed by atoms with E-state index in [0.717, 1.165) is 64.1 Å². The molecule has 386 valence electrons. The number of aromatic amines is 2. The van der Waals surface area contributed by atoms with Crippen molar-refractivity contribution < 1.29 is 37.8 Å². The lowest BCUT2D eigenvalue weighted by Gasteiger charge is -2.40. The molecule has 19 heteroatoms. The Morgan fingerprint density at radius 1 is 0.932 bits per heavy atom. The predicted molar refractivity (Wildman–Crippen MR) is 273 cm³/mol. The number of thiazole rings is 1. The Hall–Kier alpha value is -6.15. The van der Waals surface area contributed by atoms with E-state index in [-0.39, 0.29) is 41.8 Å². The summed E-state index contributed by atoms with van der Waals surface area (Å²) < 4.78 is 37.0. The molecule has 1 saturated carbocycles. The molecule has 3 unspecified atom stereocenters. The van der Waals surface area contributed by atoms with Crippen LogP contribution in [0.4, 0.5) is 9.18 Å². The maximum absolute atomic E-state index is 17.0. The monoisotopic (exact) mass is 1020 g/mol. The number of nitrogens with one attached hydrogen (secondary N) is 4. The summed E-state index contributed by atoms with van der Waals surface area (Å²) >= 11 is 1.60. The van der Waals surface area contributed by atoms with Crippen molar-refractivity contribution in [1.82, 2.24) is 50.1 Å². The molecule has 73 heavy (non-hydrogen) atoms. The Morgan fingerprint density at radius 3 is 2.42 bits per heavy atom. The molecule has 4 fully saturated rings. The zero-order valence-electron chi connectivity index (χ0n) is 42.7. The van der Waals surface area contributed by atoms with Gasteiger partial charge in [-0.2, -0.15) is 5.48 Å². The summed E-state index contributed by atoms with van der Waals surface area (Å²) in [6.45, 7) is 13.4. The summed E-state index contributed by atoms with van der Waals surface area (Å²) in [4.78, 5) is 72.4. The molecule has 6 aromatic rings. The van der Waals surface area contributed by atoms with Gasteiger partial charge in [-0.1, -0.05) is 33.8 Å². The van der Waals surface area contributed by atoms with Gasteiger partial charge in [-0.3, -0.25) is 14.2 Å². The number of hydrogen-bond donors (Lipinski definition) is 4. The first-order valence-corrected chi connectivity index (χ1v) is 26.5. The van der Waals surface area contributed by atoms with E-state index < -0.39 is 35.8 Å². The largest absolute Gasteiger partial charge is 0.464 e. The van der Waals surface area contributed by atoms with Gasteiger partial charge in [0.2, 0.25) is 18.0 Å². The van der Waals surface area contributed by atoms with E-state index >= 15 is 4.39 Å². The van der Waals surface area contributed by atoms with Crippen LogP contribution in [0.1, 0.15) is 120 Å². The van der Waals surface area contributed by atoms with Crippen molar-refractivity contribution in [2.75, 3.05) is 27.4 Å². The number of aromatic nitrogens is 6. The number of nitrogens with zero attached hydrogens (tertiary/aromatic N) is 6. The van der Waals surface area contributed by atoms with Gasteiger partial charge in [-0.25, -0.2) is 24.1 Å². The Labute approximate surface area is 427 Å². The number of fused-ring (bicyclic) bond motifs is 6. The number of imidazole rings is 2. The average Bonchev–Trinajstić information content (AvgIpc) is 4.12. The van der Waals surface area contributed by atoms with Crippen LogP contribution < -0.4 is 15.5 Å². The van der Waals surface area contributed by atoms with Crippen molar-refractivity contribution in [3.63, 3.8) is 0 Å². The Kier molecular flexibility index (Phi) is 13.0. The van der Waals surface area contributed by atoms with Crippen LogP contribution in [0.5, 0.6) is 5.75 Å². The number of amides is 3. The summed E-state index contributed by atoms with van der Waals surface area (Å²) in [5.41, 5.74) is 7.16. The second kappa shape index (κ2) is 19.3. The number of rotatable bonds is 14. The molecule has 0 spiro atoms. The van der Waals surface area contributed by atoms with Gasteiger partial charge in [0.25, 0.3) is 0 Å². The highest BCUT2D eigenvalue weighted by molar-refractivity contribution is 7.11. The summed E-state index contributed by atoms with van der Waals surface area (Å²) in [6.07, 6.45) is 9.48. The van der Waals surface area contributed by atoms with Crippen LogP contribution in [-0.2, 0) is 30.3 Å². The number of piperidine rings is 1. The van der Waals surface area contributed by atoms with Crippen molar-refractivity contribution in [1.29, 1.82) is 0 Å². The molecule has 5 aliphatic rings. The van der Waals surface area contributed by atoms with Crippen LogP contribution in [0, 0.1) is 29.5 Å². The van der Waals surface area contributed by atoms with Crippen LogP contribution in [0.2, 0.25) is 0 Å². The number of hydrogen-bond acceptors (Lipinski definition) is 12. The number of hydroxylamine groups is 1. The van der Waals surface area contributed by atoms with E-state index in [2.05, 4.69) is 45.2 Å². The molecule has 0 radical (unpaired) electrons. The number of methoxy groups -OCH3 is 1. The van der Waals surface area contributed by atoms with Crippen molar-refractivity contribution in [3.8, 4) is 39.5 Å². The van der Waals surface area contributed by atoms with Gasteiger partial charge >= 0.3 is 6.09 Å². The molecule has 17 nitrogen and oxygen atoms in total.